The quantitative estimate of drug-likeness (QED) is 0.603. The number of hydrogen-bond donors (Lipinski definition) is 1. The van der Waals surface area contributed by atoms with Crippen LogP contribution in [0.1, 0.15) is 70.6 Å². The van der Waals surface area contributed by atoms with Crippen molar-refractivity contribution in [3.63, 3.8) is 0 Å². The van der Waals surface area contributed by atoms with E-state index in [4.69, 9.17) is 4.84 Å². The molecular weight excluding hydrogens is 214 g/mol. The Bertz CT molecular complexity index is 228. The second kappa shape index (κ2) is 7.00. The van der Waals surface area contributed by atoms with Crippen molar-refractivity contribution in [2.45, 2.75) is 76.7 Å². The van der Waals surface area contributed by atoms with Crippen molar-refractivity contribution in [3.05, 3.63) is 0 Å². The number of hydroxylamine groups is 1. The molecule has 2 saturated carbocycles. The van der Waals surface area contributed by atoms with Crippen LogP contribution in [0.2, 0.25) is 0 Å². The zero-order valence-electron chi connectivity index (χ0n) is 10.7. The number of hydrogen-bond acceptors (Lipinski definition) is 2. The SMILES string of the molecule is O=C(CC1CCCCCC1)NOC1CCCC1. The first-order valence-corrected chi connectivity index (χ1v) is 7.29. The lowest BCUT2D eigenvalue weighted by molar-refractivity contribution is -0.139. The molecule has 0 radical (unpaired) electrons. The van der Waals surface area contributed by atoms with Gasteiger partial charge in [-0.1, -0.05) is 38.5 Å². The van der Waals surface area contributed by atoms with E-state index in [9.17, 15) is 4.79 Å². The van der Waals surface area contributed by atoms with Gasteiger partial charge in [0.15, 0.2) is 0 Å². The Morgan fingerprint density at radius 1 is 0.941 bits per heavy atom. The smallest absolute Gasteiger partial charge is 0.243 e. The summed E-state index contributed by atoms with van der Waals surface area (Å²) in [6, 6.07) is 0. The molecule has 0 unspecified atom stereocenters. The summed E-state index contributed by atoms with van der Waals surface area (Å²) in [6.45, 7) is 0. The van der Waals surface area contributed by atoms with Crippen LogP contribution in [0.5, 0.6) is 0 Å². The fourth-order valence-electron chi connectivity index (χ4n) is 3.03. The normalized spacial score (nSPS) is 23.5. The van der Waals surface area contributed by atoms with Crippen LogP contribution in [-0.4, -0.2) is 12.0 Å². The van der Waals surface area contributed by atoms with Gasteiger partial charge in [-0.05, 0) is 31.6 Å². The molecule has 0 heterocycles. The third-order valence-electron chi connectivity index (χ3n) is 4.09. The van der Waals surface area contributed by atoms with Gasteiger partial charge in [0.05, 0.1) is 6.10 Å². The monoisotopic (exact) mass is 239 g/mol. The molecule has 2 fully saturated rings. The Kier molecular flexibility index (Phi) is 5.30. The molecule has 0 aliphatic heterocycles. The number of rotatable bonds is 4. The van der Waals surface area contributed by atoms with Crippen molar-refractivity contribution in [2.75, 3.05) is 0 Å². The van der Waals surface area contributed by atoms with Crippen LogP contribution < -0.4 is 5.48 Å². The highest BCUT2D eigenvalue weighted by atomic mass is 16.7. The van der Waals surface area contributed by atoms with Gasteiger partial charge in [-0.3, -0.25) is 9.63 Å². The molecule has 0 atom stereocenters. The summed E-state index contributed by atoms with van der Waals surface area (Å²) in [4.78, 5) is 17.2. The molecule has 1 N–H and O–H groups in total. The average molecular weight is 239 g/mol. The van der Waals surface area contributed by atoms with Crippen molar-refractivity contribution in [1.29, 1.82) is 0 Å². The molecule has 98 valence electrons. The predicted octanol–water partition coefficient (Wildman–Crippen LogP) is 3.34. The van der Waals surface area contributed by atoms with Gasteiger partial charge < -0.3 is 0 Å². The van der Waals surface area contributed by atoms with Gasteiger partial charge in [0.1, 0.15) is 0 Å². The first-order valence-electron chi connectivity index (χ1n) is 7.29. The minimum atomic E-state index is 0.0869. The van der Waals surface area contributed by atoms with Crippen LogP contribution in [0.3, 0.4) is 0 Å². The van der Waals surface area contributed by atoms with Crippen molar-refractivity contribution in [3.8, 4) is 0 Å². The lowest BCUT2D eigenvalue weighted by Crippen LogP contribution is -2.29. The molecule has 1 amide bonds. The van der Waals surface area contributed by atoms with Crippen molar-refractivity contribution in [2.24, 2.45) is 5.92 Å². The highest BCUT2D eigenvalue weighted by Crippen LogP contribution is 2.25. The summed E-state index contributed by atoms with van der Waals surface area (Å²) < 4.78 is 0. The minimum absolute atomic E-state index is 0.0869. The van der Waals surface area contributed by atoms with Crippen molar-refractivity contribution < 1.29 is 9.63 Å². The van der Waals surface area contributed by atoms with E-state index in [1.54, 1.807) is 0 Å². The number of amides is 1. The van der Waals surface area contributed by atoms with Crippen LogP contribution in [0.15, 0.2) is 0 Å². The van der Waals surface area contributed by atoms with Crippen molar-refractivity contribution >= 4 is 5.91 Å². The van der Waals surface area contributed by atoms with Gasteiger partial charge in [0, 0.05) is 6.42 Å². The molecule has 0 bridgehead atoms. The zero-order chi connectivity index (χ0) is 11.9. The Labute approximate surface area is 104 Å². The summed E-state index contributed by atoms with van der Waals surface area (Å²) in [5, 5.41) is 0. The van der Waals surface area contributed by atoms with E-state index in [0.29, 0.717) is 12.3 Å². The first kappa shape index (κ1) is 12.9. The van der Waals surface area contributed by atoms with Crippen LogP contribution in [-0.2, 0) is 9.63 Å². The van der Waals surface area contributed by atoms with Crippen molar-refractivity contribution in [1.82, 2.24) is 5.48 Å². The highest BCUT2D eigenvalue weighted by Gasteiger charge is 2.19. The van der Waals surface area contributed by atoms with Gasteiger partial charge in [-0.25, -0.2) is 5.48 Å². The molecule has 0 aromatic carbocycles. The van der Waals surface area contributed by atoms with Gasteiger partial charge in [-0.2, -0.15) is 0 Å². The standard InChI is InChI=1S/C14H25NO2/c16-14(15-17-13-9-5-6-10-13)11-12-7-3-1-2-4-8-12/h12-13H,1-11H2,(H,15,16). The number of nitrogens with one attached hydrogen (secondary N) is 1. The molecule has 0 aromatic heterocycles. The third-order valence-corrected chi connectivity index (χ3v) is 4.09. The first-order chi connectivity index (χ1) is 8.34. The number of carbonyl (C=O) groups is 1. The van der Waals surface area contributed by atoms with Gasteiger partial charge in [0.25, 0.3) is 0 Å². The molecule has 2 aliphatic carbocycles. The molecule has 17 heavy (non-hydrogen) atoms. The van der Waals surface area contributed by atoms with E-state index >= 15 is 0 Å². The lowest BCUT2D eigenvalue weighted by atomic mass is 9.96. The summed E-state index contributed by atoms with van der Waals surface area (Å²) >= 11 is 0. The van der Waals surface area contributed by atoms with Gasteiger partial charge in [0.2, 0.25) is 5.91 Å². The predicted molar refractivity (Wildman–Crippen MR) is 67.3 cm³/mol. The summed E-state index contributed by atoms with van der Waals surface area (Å²) in [5.74, 6) is 0.675. The molecule has 0 aromatic rings. The highest BCUT2D eigenvalue weighted by molar-refractivity contribution is 5.75. The van der Waals surface area contributed by atoms with E-state index in [2.05, 4.69) is 5.48 Å². The van der Waals surface area contributed by atoms with Gasteiger partial charge in [-0.15, -0.1) is 0 Å². The average Bonchev–Trinajstić information content (AvgIpc) is 2.72. The third kappa shape index (κ3) is 4.66. The van der Waals surface area contributed by atoms with E-state index in [0.717, 1.165) is 12.8 Å². The molecule has 0 saturated heterocycles. The van der Waals surface area contributed by atoms with E-state index in [1.807, 2.05) is 0 Å². The maximum absolute atomic E-state index is 11.7. The Morgan fingerprint density at radius 2 is 1.53 bits per heavy atom. The molecule has 3 nitrogen and oxygen atoms in total. The molecule has 3 heteroatoms. The molecular formula is C14H25NO2. The van der Waals surface area contributed by atoms with E-state index in [1.165, 1.54) is 51.4 Å². The Balaban J connectivity index is 1.61. The number of carbonyl (C=O) groups excluding carboxylic acids is 1. The largest absolute Gasteiger partial charge is 0.273 e. The van der Waals surface area contributed by atoms with E-state index < -0.39 is 0 Å². The van der Waals surface area contributed by atoms with Crippen LogP contribution >= 0.6 is 0 Å². The van der Waals surface area contributed by atoms with Crippen LogP contribution in [0, 0.1) is 5.92 Å². The maximum atomic E-state index is 11.7. The second-order valence-electron chi connectivity index (χ2n) is 5.61. The second-order valence-corrected chi connectivity index (χ2v) is 5.61. The Morgan fingerprint density at radius 3 is 2.18 bits per heavy atom. The molecule has 0 spiro atoms. The topological polar surface area (TPSA) is 38.3 Å². The fraction of sp³-hybridized carbons (Fsp3) is 0.929. The van der Waals surface area contributed by atoms with Gasteiger partial charge >= 0.3 is 0 Å². The summed E-state index contributed by atoms with van der Waals surface area (Å²) in [7, 11) is 0. The van der Waals surface area contributed by atoms with Crippen LogP contribution in [0.25, 0.3) is 0 Å². The minimum Gasteiger partial charge on any atom is -0.273 e. The summed E-state index contributed by atoms with van der Waals surface area (Å²) in [5.41, 5.74) is 2.65. The van der Waals surface area contributed by atoms with Crippen LogP contribution in [0.4, 0.5) is 0 Å². The summed E-state index contributed by atoms with van der Waals surface area (Å²) in [6.07, 6.45) is 13.3. The molecule has 2 rings (SSSR count). The van der Waals surface area contributed by atoms with E-state index in [-0.39, 0.29) is 12.0 Å². The lowest BCUT2D eigenvalue weighted by Gasteiger charge is -2.15. The zero-order valence-corrected chi connectivity index (χ0v) is 10.7. The Hall–Kier alpha value is -0.570. The fourth-order valence-corrected chi connectivity index (χ4v) is 3.03. The maximum Gasteiger partial charge on any atom is 0.243 e. The molecule has 2 aliphatic rings.